The summed E-state index contributed by atoms with van der Waals surface area (Å²) < 4.78 is 26.4. The molecule has 124 valence electrons. The molecule has 0 aromatic carbocycles. The van der Waals surface area contributed by atoms with Gasteiger partial charge in [-0.3, -0.25) is 9.69 Å². The molecular formula is C14H28N2O4S. The summed E-state index contributed by atoms with van der Waals surface area (Å²) in [7, 11) is -1.40. The number of nitrogens with zero attached hydrogens (tertiary/aromatic N) is 2. The fourth-order valence-corrected chi connectivity index (χ4v) is 4.88. The van der Waals surface area contributed by atoms with Crippen molar-refractivity contribution >= 4 is 16.0 Å². The van der Waals surface area contributed by atoms with Gasteiger partial charge in [0.2, 0.25) is 10.0 Å². The average molecular weight is 320 g/mol. The lowest BCUT2D eigenvalue weighted by atomic mass is 10.1. The summed E-state index contributed by atoms with van der Waals surface area (Å²) in [5.41, 5.74) is 0. The Hall–Kier alpha value is -0.660. The molecule has 0 aromatic heterocycles. The van der Waals surface area contributed by atoms with E-state index in [1.165, 1.54) is 0 Å². The molecule has 1 N–H and O–H groups in total. The molecule has 1 saturated heterocycles. The zero-order chi connectivity index (χ0) is 16.0. The molecule has 21 heavy (non-hydrogen) atoms. The summed E-state index contributed by atoms with van der Waals surface area (Å²) in [6.07, 6.45) is 3.17. The lowest BCUT2D eigenvalue weighted by Gasteiger charge is -2.36. The van der Waals surface area contributed by atoms with E-state index in [9.17, 15) is 13.2 Å². The third kappa shape index (κ3) is 5.56. The number of carboxylic acids is 1. The Kier molecular flexibility index (Phi) is 7.09. The molecular weight excluding hydrogens is 292 g/mol. The molecule has 1 rings (SSSR count). The minimum atomic E-state index is -3.18. The van der Waals surface area contributed by atoms with Crippen molar-refractivity contribution in [3.63, 3.8) is 0 Å². The molecule has 1 heterocycles. The van der Waals surface area contributed by atoms with Crippen LogP contribution in [0.15, 0.2) is 0 Å². The SMILES string of the molecule is CCC(CC)CS(=O)(=O)N1CCC(N(C)CC(=O)O)CC1. The first-order chi connectivity index (χ1) is 9.80. The van der Waals surface area contributed by atoms with Crippen LogP contribution in [0.5, 0.6) is 0 Å². The van der Waals surface area contributed by atoms with Crippen molar-refractivity contribution in [3.05, 3.63) is 0 Å². The van der Waals surface area contributed by atoms with E-state index in [2.05, 4.69) is 0 Å². The summed E-state index contributed by atoms with van der Waals surface area (Å²) in [5.74, 6) is -0.390. The highest BCUT2D eigenvalue weighted by Gasteiger charge is 2.31. The largest absolute Gasteiger partial charge is 0.480 e. The second-order valence-electron chi connectivity index (χ2n) is 5.90. The predicted octanol–water partition coefficient (Wildman–Crippen LogP) is 1.23. The smallest absolute Gasteiger partial charge is 0.317 e. The molecule has 7 heteroatoms. The highest BCUT2D eigenvalue weighted by molar-refractivity contribution is 7.89. The molecule has 1 aliphatic heterocycles. The van der Waals surface area contributed by atoms with E-state index < -0.39 is 16.0 Å². The summed E-state index contributed by atoms with van der Waals surface area (Å²) in [6.45, 7) is 5.05. The van der Waals surface area contributed by atoms with E-state index in [0.717, 1.165) is 12.8 Å². The van der Waals surface area contributed by atoms with E-state index in [0.29, 0.717) is 25.9 Å². The summed E-state index contributed by atoms with van der Waals surface area (Å²) in [4.78, 5) is 12.5. The lowest BCUT2D eigenvalue weighted by Crippen LogP contribution is -2.47. The van der Waals surface area contributed by atoms with Crippen LogP contribution in [0.3, 0.4) is 0 Å². The van der Waals surface area contributed by atoms with Crippen LogP contribution < -0.4 is 0 Å². The number of rotatable bonds is 8. The minimum absolute atomic E-state index is 0.00512. The Balaban J connectivity index is 2.53. The van der Waals surface area contributed by atoms with E-state index in [4.69, 9.17) is 5.11 Å². The quantitative estimate of drug-likeness (QED) is 0.728. The number of hydrogen-bond donors (Lipinski definition) is 1. The van der Waals surface area contributed by atoms with Gasteiger partial charge < -0.3 is 5.11 Å². The maximum absolute atomic E-state index is 12.4. The number of likely N-dealkylation sites (N-methyl/N-ethyl adjacent to an activating group) is 1. The highest BCUT2D eigenvalue weighted by atomic mass is 32.2. The van der Waals surface area contributed by atoms with Crippen molar-refractivity contribution in [2.24, 2.45) is 5.92 Å². The zero-order valence-electron chi connectivity index (χ0n) is 13.3. The minimum Gasteiger partial charge on any atom is -0.480 e. The molecule has 0 radical (unpaired) electrons. The second-order valence-corrected chi connectivity index (χ2v) is 7.91. The second kappa shape index (κ2) is 8.10. The summed E-state index contributed by atoms with van der Waals surface area (Å²) in [6, 6.07) is 0.153. The standard InChI is InChI=1S/C14H28N2O4S/c1-4-12(5-2)11-21(19,20)16-8-6-13(7-9-16)15(3)10-14(17)18/h12-13H,4-11H2,1-3H3,(H,17,18). The molecule has 0 aromatic rings. The van der Waals surface area contributed by atoms with E-state index in [-0.39, 0.29) is 24.3 Å². The van der Waals surface area contributed by atoms with Crippen molar-refractivity contribution in [2.45, 2.75) is 45.6 Å². The van der Waals surface area contributed by atoms with Gasteiger partial charge in [0.05, 0.1) is 12.3 Å². The van der Waals surface area contributed by atoms with Gasteiger partial charge in [-0.2, -0.15) is 0 Å². The molecule has 0 unspecified atom stereocenters. The zero-order valence-corrected chi connectivity index (χ0v) is 14.1. The molecule has 0 saturated carbocycles. The fraction of sp³-hybridized carbons (Fsp3) is 0.929. The number of carbonyl (C=O) groups is 1. The van der Waals surface area contributed by atoms with Gasteiger partial charge >= 0.3 is 5.97 Å². The molecule has 0 bridgehead atoms. The third-order valence-electron chi connectivity index (χ3n) is 4.43. The topological polar surface area (TPSA) is 77.9 Å². The first-order valence-corrected chi connectivity index (χ1v) is 9.30. The maximum atomic E-state index is 12.4. The van der Waals surface area contributed by atoms with Gasteiger partial charge in [0.15, 0.2) is 0 Å². The maximum Gasteiger partial charge on any atom is 0.317 e. The number of sulfonamides is 1. The van der Waals surface area contributed by atoms with Crippen LogP contribution in [0.4, 0.5) is 0 Å². The number of piperidine rings is 1. The van der Waals surface area contributed by atoms with Gasteiger partial charge in [-0.15, -0.1) is 0 Å². The van der Waals surface area contributed by atoms with Crippen molar-refractivity contribution in [3.8, 4) is 0 Å². The number of carboxylic acid groups (broad SMARTS) is 1. The molecule has 0 spiro atoms. The molecule has 1 fully saturated rings. The van der Waals surface area contributed by atoms with Crippen molar-refractivity contribution in [1.82, 2.24) is 9.21 Å². The summed E-state index contributed by atoms with van der Waals surface area (Å²) >= 11 is 0. The lowest BCUT2D eigenvalue weighted by molar-refractivity contribution is -0.138. The molecule has 0 atom stereocenters. The van der Waals surface area contributed by atoms with E-state index in [1.54, 1.807) is 16.3 Å². The van der Waals surface area contributed by atoms with Crippen LogP contribution in [0.1, 0.15) is 39.5 Å². The first kappa shape index (κ1) is 18.4. The van der Waals surface area contributed by atoms with Crippen LogP contribution in [0.2, 0.25) is 0 Å². The van der Waals surface area contributed by atoms with Crippen molar-refractivity contribution in [1.29, 1.82) is 0 Å². The van der Waals surface area contributed by atoms with Gasteiger partial charge in [-0.1, -0.05) is 26.7 Å². The molecule has 0 aliphatic carbocycles. The third-order valence-corrected chi connectivity index (χ3v) is 6.47. The van der Waals surface area contributed by atoms with Gasteiger partial charge in [-0.05, 0) is 25.8 Å². The molecule has 0 amide bonds. The van der Waals surface area contributed by atoms with Crippen LogP contribution in [-0.2, 0) is 14.8 Å². The first-order valence-electron chi connectivity index (χ1n) is 7.70. The Morgan fingerprint density at radius 2 is 1.81 bits per heavy atom. The van der Waals surface area contributed by atoms with Crippen LogP contribution in [0.25, 0.3) is 0 Å². The van der Waals surface area contributed by atoms with Crippen LogP contribution in [0, 0.1) is 5.92 Å². The van der Waals surface area contributed by atoms with Crippen LogP contribution in [-0.4, -0.2) is 67.2 Å². The highest BCUT2D eigenvalue weighted by Crippen LogP contribution is 2.21. The Morgan fingerprint density at radius 3 is 2.24 bits per heavy atom. The average Bonchev–Trinajstić information content (AvgIpc) is 2.44. The van der Waals surface area contributed by atoms with E-state index in [1.807, 2.05) is 13.8 Å². The van der Waals surface area contributed by atoms with Gasteiger partial charge in [0.1, 0.15) is 0 Å². The Labute approximate surface area is 128 Å². The van der Waals surface area contributed by atoms with Gasteiger partial charge in [0.25, 0.3) is 0 Å². The number of hydrogen-bond acceptors (Lipinski definition) is 4. The Morgan fingerprint density at radius 1 is 1.29 bits per heavy atom. The normalized spacial score (nSPS) is 18.5. The monoisotopic (exact) mass is 320 g/mol. The van der Waals surface area contributed by atoms with E-state index >= 15 is 0 Å². The molecule has 6 nitrogen and oxygen atoms in total. The Bertz CT molecular complexity index is 426. The van der Waals surface area contributed by atoms with Crippen molar-refractivity contribution < 1.29 is 18.3 Å². The van der Waals surface area contributed by atoms with Crippen molar-refractivity contribution in [2.75, 3.05) is 32.4 Å². The molecule has 1 aliphatic rings. The van der Waals surface area contributed by atoms with Gasteiger partial charge in [-0.25, -0.2) is 12.7 Å². The fourth-order valence-electron chi connectivity index (χ4n) is 2.83. The summed E-state index contributed by atoms with van der Waals surface area (Å²) in [5, 5.41) is 8.80. The number of aliphatic carboxylic acids is 1. The predicted molar refractivity (Wildman–Crippen MR) is 82.7 cm³/mol. The van der Waals surface area contributed by atoms with Gasteiger partial charge in [0, 0.05) is 19.1 Å². The van der Waals surface area contributed by atoms with Crippen LogP contribution >= 0.6 is 0 Å².